The Morgan fingerprint density at radius 3 is 1.40 bits per heavy atom. The van der Waals surface area contributed by atoms with Gasteiger partial charge in [-0.25, -0.2) is 8.42 Å². The standard InChI is InChI=1S/C24H50O4S.Na/c1-3-5-7-9-10-11-12-13-14-15-17-21-24(29(26,27)28)22-18-20-23(25)19-16-8-6-4-2;/h23-25H,3-22H2,1-2H3,(H,26,27,28);/q;+1/p-1. The van der Waals surface area contributed by atoms with E-state index in [-0.39, 0.29) is 35.7 Å². The van der Waals surface area contributed by atoms with E-state index in [1.54, 1.807) is 0 Å². The Morgan fingerprint density at radius 2 is 0.933 bits per heavy atom. The number of aliphatic hydroxyl groups excluding tert-OH is 1. The molecule has 0 heterocycles. The van der Waals surface area contributed by atoms with Crippen molar-refractivity contribution in [1.29, 1.82) is 0 Å². The third kappa shape index (κ3) is 22.1. The zero-order valence-electron chi connectivity index (χ0n) is 20.4. The molecule has 6 heteroatoms. The zero-order chi connectivity index (χ0) is 21.8. The van der Waals surface area contributed by atoms with Crippen molar-refractivity contribution in [2.75, 3.05) is 0 Å². The minimum Gasteiger partial charge on any atom is -0.748 e. The predicted molar refractivity (Wildman–Crippen MR) is 123 cm³/mol. The van der Waals surface area contributed by atoms with E-state index in [1.165, 1.54) is 64.2 Å². The van der Waals surface area contributed by atoms with Gasteiger partial charge < -0.3 is 9.66 Å². The molecule has 0 aromatic heterocycles. The fourth-order valence-corrected chi connectivity index (χ4v) is 4.91. The van der Waals surface area contributed by atoms with Crippen LogP contribution in [0.1, 0.15) is 142 Å². The minimum atomic E-state index is -4.23. The van der Waals surface area contributed by atoms with Gasteiger partial charge in [0.2, 0.25) is 0 Å². The van der Waals surface area contributed by atoms with E-state index in [9.17, 15) is 18.1 Å². The molecular weight excluding hydrogens is 407 g/mol. The van der Waals surface area contributed by atoms with Crippen LogP contribution in [0.15, 0.2) is 0 Å². The molecule has 0 aliphatic heterocycles. The first kappa shape index (κ1) is 33.0. The molecule has 4 nitrogen and oxygen atoms in total. The van der Waals surface area contributed by atoms with E-state index in [4.69, 9.17) is 0 Å². The second-order valence-electron chi connectivity index (χ2n) is 8.87. The Bertz CT molecular complexity index is 442. The second kappa shape index (κ2) is 23.0. The smallest absolute Gasteiger partial charge is 0.748 e. The van der Waals surface area contributed by atoms with Crippen molar-refractivity contribution in [3.05, 3.63) is 0 Å². The number of unbranched alkanes of at least 4 members (excludes halogenated alkanes) is 13. The van der Waals surface area contributed by atoms with Gasteiger partial charge in [0, 0.05) is 5.25 Å². The van der Waals surface area contributed by atoms with Crippen molar-refractivity contribution in [1.82, 2.24) is 0 Å². The van der Waals surface area contributed by atoms with Gasteiger partial charge in [-0.3, -0.25) is 0 Å². The van der Waals surface area contributed by atoms with E-state index in [2.05, 4.69) is 13.8 Å². The molecule has 0 aliphatic rings. The summed E-state index contributed by atoms with van der Waals surface area (Å²) in [6.07, 6.45) is 20.5. The minimum absolute atomic E-state index is 0. The fourth-order valence-electron chi connectivity index (χ4n) is 4.00. The van der Waals surface area contributed by atoms with Crippen LogP contribution in [0.4, 0.5) is 0 Å². The molecule has 176 valence electrons. The van der Waals surface area contributed by atoms with Gasteiger partial charge in [0.15, 0.2) is 0 Å². The molecule has 0 fully saturated rings. The Balaban J connectivity index is 0. The summed E-state index contributed by atoms with van der Waals surface area (Å²) >= 11 is 0. The topological polar surface area (TPSA) is 77.4 Å². The molecule has 2 atom stereocenters. The molecule has 1 N–H and O–H groups in total. The van der Waals surface area contributed by atoms with Gasteiger partial charge in [0.25, 0.3) is 0 Å². The van der Waals surface area contributed by atoms with Crippen LogP contribution in [0.3, 0.4) is 0 Å². The summed E-state index contributed by atoms with van der Waals surface area (Å²) in [5.41, 5.74) is 0. The van der Waals surface area contributed by atoms with Crippen molar-refractivity contribution in [3.63, 3.8) is 0 Å². The van der Waals surface area contributed by atoms with Crippen LogP contribution >= 0.6 is 0 Å². The van der Waals surface area contributed by atoms with E-state index in [1.807, 2.05) is 0 Å². The maximum atomic E-state index is 11.5. The van der Waals surface area contributed by atoms with Gasteiger partial charge in [-0.15, -0.1) is 0 Å². The quantitative estimate of drug-likeness (QED) is 0.151. The average molecular weight is 457 g/mol. The zero-order valence-corrected chi connectivity index (χ0v) is 23.2. The van der Waals surface area contributed by atoms with Gasteiger partial charge >= 0.3 is 29.6 Å². The Hall–Kier alpha value is 0.870. The Labute approximate surface area is 210 Å². The molecule has 0 rings (SSSR count). The Kier molecular flexibility index (Phi) is 25.4. The molecule has 30 heavy (non-hydrogen) atoms. The molecule has 2 unspecified atom stereocenters. The van der Waals surface area contributed by atoms with Crippen LogP contribution < -0.4 is 29.6 Å². The van der Waals surface area contributed by atoms with E-state index in [0.29, 0.717) is 25.7 Å². The maximum absolute atomic E-state index is 11.5. The molecule has 0 radical (unpaired) electrons. The van der Waals surface area contributed by atoms with Crippen LogP contribution in [0.25, 0.3) is 0 Å². The SMILES string of the molecule is CCCCCCCCCCCCCC(CCCC(O)CCCCCC)S(=O)(=O)[O-].[Na+]. The largest absolute Gasteiger partial charge is 1.00 e. The summed E-state index contributed by atoms with van der Waals surface area (Å²) in [5, 5.41) is 9.24. The summed E-state index contributed by atoms with van der Waals surface area (Å²) < 4.78 is 34.6. The van der Waals surface area contributed by atoms with Crippen molar-refractivity contribution >= 4 is 10.1 Å². The third-order valence-corrected chi connectivity index (χ3v) is 7.28. The van der Waals surface area contributed by atoms with Crippen molar-refractivity contribution in [2.45, 2.75) is 154 Å². The van der Waals surface area contributed by atoms with E-state index >= 15 is 0 Å². The summed E-state index contributed by atoms with van der Waals surface area (Å²) in [6.45, 7) is 4.40. The summed E-state index contributed by atoms with van der Waals surface area (Å²) in [6, 6.07) is 0. The van der Waals surface area contributed by atoms with Crippen molar-refractivity contribution in [2.24, 2.45) is 0 Å². The monoisotopic (exact) mass is 456 g/mol. The summed E-state index contributed by atoms with van der Waals surface area (Å²) in [5.74, 6) is 0. The first-order chi connectivity index (χ1) is 13.9. The molecule has 0 aromatic carbocycles. The molecule has 0 amide bonds. The summed E-state index contributed by atoms with van der Waals surface area (Å²) in [4.78, 5) is 0. The van der Waals surface area contributed by atoms with Crippen molar-refractivity contribution in [3.8, 4) is 0 Å². The van der Waals surface area contributed by atoms with Crippen LogP contribution in [-0.2, 0) is 10.1 Å². The molecule has 0 saturated carbocycles. The number of rotatable bonds is 22. The maximum Gasteiger partial charge on any atom is 1.00 e. The number of hydrogen-bond acceptors (Lipinski definition) is 4. The first-order valence-corrected chi connectivity index (χ1v) is 14.0. The van der Waals surface area contributed by atoms with Gasteiger partial charge in [0.05, 0.1) is 16.2 Å². The first-order valence-electron chi connectivity index (χ1n) is 12.5. The second-order valence-corrected chi connectivity index (χ2v) is 10.5. The molecule has 0 aliphatic carbocycles. The molecule has 0 bridgehead atoms. The van der Waals surface area contributed by atoms with Gasteiger partial charge in [-0.05, 0) is 32.1 Å². The number of hydrogen-bond donors (Lipinski definition) is 1. The molecule has 0 aromatic rings. The van der Waals surface area contributed by atoms with Crippen LogP contribution in [0, 0.1) is 0 Å². The fraction of sp³-hybridized carbons (Fsp3) is 1.00. The average Bonchev–Trinajstić information content (AvgIpc) is 2.67. The van der Waals surface area contributed by atoms with E-state index in [0.717, 1.165) is 38.5 Å². The van der Waals surface area contributed by atoms with E-state index < -0.39 is 15.4 Å². The van der Waals surface area contributed by atoms with Gasteiger partial charge in [0.1, 0.15) is 0 Å². The molecular formula is C24H49NaO4S. The van der Waals surface area contributed by atoms with Gasteiger partial charge in [-0.1, -0.05) is 110 Å². The third-order valence-electron chi connectivity index (χ3n) is 5.99. The van der Waals surface area contributed by atoms with Crippen LogP contribution in [0.5, 0.6) is 0 Å². The van der Waals surface area contributed by atoms with Crippen LogP contribution in [-0.4, -0.2) is 29.4 Å². The normalized spacial score (nSPS) is 13.7. The predicted octanol–water partition coefficient (Wildman–Crippen LogP) is 4.11. The van der Waals surface area contributed by atoms with Crippen LogP contribution in [0.2, 0.25) is 0 Å². The number of aliphatic hydroxyl groups is 1. The molecule has 0 saturated heterocycles. The Morgan fingerprint density at radius 1 is 0.600 bits per heavy atom. The van der Waals surface area contributed by atoms with Crippen molar-refractivity contribution < 1.29 is 47.6 Å². The summed E-state index contributed by atoms with van der Waals surface area (Å²) in [7, 11) is -4.23. The molecule has 0 spiro atoms. The van der Waals surface area contributed by atoms with Gasteiger partial charge in [-0.2, -0.15) is 0 Å².